The van der Waals surface area contributed by atoms with Crippen LogP contribution < -0.4 is 10.6 Å². The van der Waals surface area contributed by atoms with Gasteiger partial charge in [-0.25, -0.2) is 0 Å². The summed E-state index contributed by atoms with van der Waals surface area (Å²) in [6.45, 7) is 6.53. The van der Waals surface area contributed by atoms with E-state index in [0.717, 1.165) is 17.8 Å². The van der Waals surface area contributed by atoms with Crippen LogP contribution in [-0.2, 0) is 9.53 Å². The Kier molecular flexibility index (Phi) is 6.36. The van der Waals surface area contributed by atoms with Crippen molar-refractivity contribution in [3.8, 4) is 0 Å². The number of rotatable bonds is 7. The van der Waals surface area contributed by atoms with Crippen LogP contribution in [0.5, 0.6) is 0 Å². The van der Waals surface area contributed by atoms with Gasteiger partial charge < -0.3 is 15.4 Å². The second-order valence-corrected chi connectivity index (χ2v) is 4.93. The van der Waals surface area contributed by atoms with Crippen LogP contribution in [0.1, 0.15) is 27.2 Å². The number of carbonyl (C=O) groups excluding carboxylic acids is 1. The van der Waals surface area contributed by atoms with Crippen LogP contribution in [0.2, 0.25) is 0 Å². The van der Waals surface area contributed by atoms with Crippen molar-refractivity contribution >= 4 is 17.3 Å². The van der Waals surface area contributed by atoms with Crippen LogP contribution in [0, 0.1) is 5.92 Å². The lowest BCUT2D eigenvalue weighted by molar-refractivity contribution is -0.118. The van der Waals surface area contributed by atoms with Gasteiger partial charge in [-0.1, -0.05) is 26.8 Å². The van der Waals surface area contributed by atoms with Crippen molar-refractivity contribution in [3.63, 3.8) is 0 Å². The molecule has 0 aliphatic carbocycles. The average molecular weight is 264 g/mol. The van der Waals surface area contributed by atoms with Gasteiger partial charge in [0.1, 0.15) is 0 Å². The summed E-state index contributed by atoms with van der Waals surface area (Å²) in [6, 6.07) is 8.03. The second kappa shape index (κ2) is 7.79. The molecular weight excluding hydrogens is 240 g/mol. The van der Waals surface area contributed by atoms with Crippen molar-refractivity contribution in [2.45, 2.75) is 33.2 Å². The first-order valence-electron chi connectivity index (χ1n) is 6.73. The summed E-state index contributed by atoms with van der Waals surface area (Å²) in [5, 5.41) is 6.29. The molecule has 1 atom stereocenters. The van der Waals surface area contributed by atoms with Crippen LogP contribution in [0.25, 0.3) is 0 Å². The molecule has 106 valence electrons. The summed E-state index contributed by atoms with van der Waals surface area (Å²) in [6.07, 6.45) is 0.983. The van der Waals surface area contributed by atoms with Gasteiger partial charge in [0.25, 0.3) is 0 Å². The molecule has 0 heterocycles. The fourth-order valence-electron chi connectivity index (χ4n) is 1.67. The molecule has 1 aromatic carbocycles. The third-order valence-corrected chi connectivity index (χ3v) is 2.89. The molecule has 19 heavy (non-hydrogen) atoms. The molecular formula is C15H24N2O2. The number of benzene rings is 1. The monoisotopic (exact) mass is 264 g/mol. The highest BCUT2D eigenvalue weighted by atomic mass is 16.5. The minimum atomic E-state index is -0.0199. The third-order valence-electron chi connectivity index (χ3n) is 2.89. The summed E-state index contributed by atoms with van der Waals surface area (Å²) in [5.74, 6) is 0.00887. The van der Waals surface area contributed by atoms with Gasteiger partial charge in [0.15, 0.2) is 0 Å². The number of methoxy groups -OCH3 is 1. The van der Waals surface area contributed by atoms with Crippen molar-refractivity contribution in [2.75, 3.05) is 24.4 Å². The average Bonchev–Trinajstić information content (AvgIpc) is 2.38. The van der Waals surface area contributed by atoms with Crippen LogP contribution in [0.4, 0.5) is 11.4 Å². The number of carbonyl (C=O) groups is 1. The quantitative estimate of drug-likeness (QED) is 0.795. The Balaban J connectivity index is 2.68. The molecule has 0 spiro atoms. The molecule has 1 rings (SSSR count). The molecule has 0 radical (unpaired) electrons. The largest absolute Gasteiger partial charge is 0.383 e. The fourth-order valence-corrected chi connectivity index (χ4v) is 1.67. The van der Waals surface area contributed by atoms with Gasteiger partial charge in [-0.3, -0.25) is 4.79 Å². The Morgan fingerprint density at radius 3 is 2.58 bits per heavy atom. The van der Waals surface area contributed by atoms with Gasteiger partial charge in [-0.05, 0) is 24.6 Å². The van der Waals surface area contributed by atoms with Crippen molar-refractivity contribution in [1.82, 2.24) is 0 Å². The molecule has 0 bridgehead atoms. The van der Waals surface area contributed by atoms with E-state index in [1.807, 2.05) is 38.1 Å². The van der Waals surface area contributed by atoms with Gasteiger partial charge >= 0.3 is 0 Å². The normalized spacial score (nSPS) is 12.3. The molecule has 4 heteroatoms. The zero-order chi connectivity index (χ0) is 14.3. The van der Waals surface area contributed by atoms with E-state index in [1.54, 1.807) is 7.11 Å². The van der Waals surface area contributed by atoms with E-state index >= 15 is 0 Å². The summed E-state index contributed by atoms with van der Waals surface area (Å²) in [5.41, 5.74) is 1.81. The van der Waals surface area contributed by atoms with Gasteiger partial charge in [-0.2, -0.15) is 0 Å². The van der Waals surface area contributed by atoms with Gasteiger partial charge in [0.2, 0.25) is 5.91 Å². The van der Waals surface area contributed by atoms with Crippen molar-refractivity contribution in [2.24, 2.45) is 5.92 Å². The zero-order valence-electron chi connectivity index (χ0n) is 12.2. The summed E-state index contributed by atoms with van der Waals surface area (Å²) < 4.78 is 5.16. The second-order valence-electron chi connectivity index (χ2n) is 4.93. The van der Waals surface area contributed by atoms with E-state index < -0.39 is 0 Å². The molecule has 0 fully saturated rings. The molecule has 1 amide bonds. The fraction of sp³-hybridized carbons (Fsp3) is 0.533. The van der Waals surface area contributed by atoms with Crippen molar-refractivity contribution in [1.29, 1.82) is 0 Å². The predicted octanol–water partition coefficient (Wildman–Crippen LogP) is 3.12. The topological polar surface area (TPSA) is 50.4 Å². The molecule has 0 saturated carbocycles. The van der Waals surface area contributed by atoms with Crippen LogP contribution in [-0.4, -0.2) is 25.7 Å². The smallest absolute Gasteiger partial charge is 0.226 e. The van der Waals surface area contributed by atoms with Crippen LogP contribution in [0.15, 0.2) is 24.3 Å². The Morgan fingerprint density at radius 1 is 1.32 bits per heavy atom. The highest BCUT2D eigenvalue weighted by Crippen LogP contribution is 2.17. The summed E-state index contributed by atoms with van der Waals surface area (Å²) in [7, 11) is 1.70. The lowest BCUT2D eigenvalue weighted by Gasteiger charge is -2.18. The molecule has 1 aromatic rings. The zero-order valence-corrected chi connectivity index (χ0v) is 12.2. The van der Waals surface area contributed by atoms with Gasteiger partial charge in [0, 0.05) is 30.4 Å². The molecule has 0 aliphatic rings. The summed E-state index contributed by atoms with van der Waals surface area (Å²) >= 11 is 0. The van der Waals surface area contributed by atoms with E-state index in [9.17, 15) is 4.79 Å². The van der Waals surface area contributed by atoms with E-state index in [1.165, 1.54) is 0 Å². The Bertz CT molecular complexity index is 405. The Hall–Kier alpha value is -1.55. The maximum absolute atomic E-state index is 11.7. The Morgan fingerprint density at radius 2 is 2.00 bits per heavy atom. The minimum Gasteiger partial charge on any atom is -0.383 e. The number of nitrogens with one attached hydrogen (secondary N) is 2. The van der Waals surface area contributed by atoms with E-state index in [0.29, 0.717) is 6.61 Å². The van der Waals surface area contributed by atoms with Crippen molar-refractivity contribution < 1.29 is 9.53 Å². The highest BCUT2D eigenvalue weighted by molar-refractivity contribution is 5.92. The molecule has 1 unspecified atom stereocenters. The third kappa shape index (κ3) is 5.30. The maximum atomic E-state index is 11.7. The molecule has 0 aliphatic heterocycles. The SMILES string of the molecule is CCC(COC)Nc1cccc(NC(=O)C(C)C)c1. The summed E-state index contributed by atoms with van der Waals surface area (Å²) in [4.78, 5) is 11.7. The van der Waals surface area contributed by atoms with E-state index in [-0.39, 0.29) is 17.9 Å². The molecule has 4 nitrogen and oxygen atoms in total. The molecule has 0 saturated heterocycles. The first-order valence-corrected chi connectivity index (χ1v) is 6.73. The van der Waals surface area contributed by atoms with E-state index in [2.05, 4.69) is 17.6 Å². The van der Waals surface area contributed by atoms with Gasteiger partial charge in [0.05, 0.1) is 6.61 Å². The predicted molar refractivity (Wildman–Crippen MR) is 79.5 cm³/mol. The number of hydrogen-bond acceptors (Lipinski definition) is 3. The molecule has 2 N–H and O–H groups in total. The van der Waals surface area contributed by atoms with Crippen molar-refractivity contribution in [3.05, 3.63) is 24.3 Å². The number of anilines is 2. The van der Waals surface area contributed by atoms with Gasteiger partial charge in [-0.15, -0.1) is 0 Å². The highest BCUT2D eigenvalue weighted by Gasteiger charge is 2.09. The number of ether oxygens (including phenoxy) is 1. The standard InChI is InChI=1S/C15H24N2O2/c1-5-12(10-19-4)16-13-7-6-8-14(9-13)17-15(18)11(2)3/h6-9,11-12,16H,5,10H2,1-4H3,(H,17,18). The lowest BCUT2D eigenvalue weighted by Crippen LogP contribution is -2.24. The Labute approximate surface area is 115 Å². The minimum absolute atomic E-state index is 0.0199. The number of hydrogen-bond donors (Lipinski definition) is 2. The van der Waals surface area contributed by atoms with Crippen LogP contribution >= 0.6 is 0 Å². The van der Waals surface area contributed by atoms with Crippen LogP contribution in [0.3, 0.4) is 0 Å². The number of amides is 1. The first-order chi connectivity index (χ1) is 9.06. The molecule has 0 aromatic heterocycles. The first kappa shape index (κ1) is 15.5. The maximum Gasteiger partial charge on any atom is 0.226 e. The van der Waals surface area contributed by atoms with E-state index in [4.69, 9.17) is 4.74 Å². The lowest BCUT2D eigenvalue weighted by atomic mass is 10.2.